The van der Waals surface area contributed by atoms with Crippen molar-refractivity contribution in [2.24, 2.45) is 0 Å². The van der Waals surface area contributed by atoms with Crippen LogP contribution in [0.2, 0.25) is 0 Å². The highest BCUT2D eigenvalue weighted by Crippen LogP contribution is 2.26. The van der Waals surface area contributed by atoms with Crippen molar-refractivity contribution in [2.75, 3.05) is 7.11 Å². The summed E-state index contributed by atoms with van der Waals surface area (Å²) >= 11 is 1.33. The fraction of sp³-hybridized carbons (Fsp3) is 0.300. The molecule has 0 saturated heterocycles. The Hall–Kier alpha value is -2.87. The van der Waals surface area contributed by atoms with Gasteiger partial charge in [-0.15, -0.1) is 5.10 Å². The van der Waals surface area contributed by atoms with Crippen molar-refractivity contribution in [1.29, 1.82) is 0 Å². The summed E-state index contributed by atoms with van der Waals surface area (Å²) in [6.45, 7) is 6.27. The summed E-state index contributed by atoms with van der Waals surface area (Å²) < 4.78 is 7.02. The van der Waals surface area contributed by atoms with E-state index in [1.807, 2.05) is 63.2 Å². The number of nitrogens with zero attached hydrogens (tertiary/aromatic N) is 4. The Morgan fingerprint density at radius 2 is 1.89 bits per heavy atom. The number of carbonyl (C=O) groups is 1. The number of hydrogen-bond acceptors (Lipinski definition) is 6. The van der Waals surface area contributed by atoms with E-state index >= 15 is 0 Å². The maximum Gasteiger partial charge on any atom is 0.233 e. The Balaban J connectivity index is 1.69. The number of carbonyl (C=O) groups excluding carboxylic acids is 1. The van der Waals surface area contributed by atoms with Gasteiger partial charge in [-0.05, 0) is 48.4 Å². The second-order valence-electron chi connectivity index (χ2n) is 6.40. The van der Waals surface area contributed by atoms with Crippen LogP contribution in [-0.2, 0) is 11.3 Å². The van der Waals surface area contributed by atoms with Crippen molar-refractivity contribution >= 4 is 17.7 Å². The molecule has 1 aromatic heterocycles. The van der Waals surface area contributed by atoms with Gasteiger partial charge in [0.1, 0.15) is 5.75 Å². The van der Waals surface area contributed by atoms with Gasteiger partial charge in [-0.1, -0.05) is 48.2 Å². The molecule has 3 aromatic rings. The lowest BCUT2D eigenvalue weighted by Crippen LogP contribution is -2.30. The zero-order valence-corrected chi connectivity index (χ0v) is 17.2. The first-order valence-electron chi connectivity index (χ1n) is 8.92. The minimum Gasteiger partial charge on any atom is -0.496 e. The van der Waals surface area contributed by atoms with Crippen LogP contribution in [0.5, 0.6) is 5.75 Å². The predicted octanol–water partition coefficient (Wildman–Crippen LogP) is 3.08. The molecule has 0 spiro atoms. The molecule has 0 aliphatic rings. The van der Waals surface area contributed by atoms with Crippen LogP contribution in [0.15, 0.2) is 47.6 Å². The van der Waals surface area contributed by atoms with Crippen LogP contribution >= 0.6 is 11.8 Å². The Morgan fingerprint density at radius 3 is 2.61 bits per heavy atom. The van der Waals surface area contributed by atoms with E-state index in [0.29, 0.717) is 11.7 Å². The first-order chi connectivity index (χ1) is 13.5. The largest absolute Gasteiger partial charge is 0.496 e. The normalized spacial score (nSPS) is 11.9. The highest BCUT2D eigenvalue weighted by atomic mass is 32.2. The van der Waals surface area contributed by atoms with E-state index in [-0.39, 0.29) is 11.2 Å². The molecule has 0 aliphatic heterocycles. The van der Waals surface area contributed by atoms with Crippen LogP contribution in [0.4, 0.5) is 0 Å². The average molecular weight is 398 g/mol. The van der Waals surface area contributed by atoms with Gasteiger partial charge >= 0.3 is 0 Å². The number of aryl methyl sites for hydroxylation is 2. The summed E-state index contributed by atoms with van der Waals surface area (Å²) in [5.74, 6) is 0.661. The fourth-order valence-electron chi connectivity index (χ4n) is 2.92. The number of nitrogens with one attached hydrogen (secondary N) is 1. The lowest BCUT2D eigenvalue weighted by atomic mass is 10.1. The molecule has 8 heteroatoms. The van der Waals surface area contributed by atoms with Crippen molar-refractivity contribution < 1.29 is 9.53 Å². The second kappa shape index (κ2) is 8.88. The van der Waals surface area contributed by atoms with Gasteiger partial charge in [0, 0.05) is 12.1 Å². The molecule has 2 aromatic carbocycles. The number of amides is 1. The van der Waals surface area contributed by atoms with E-state index in [4.69, 9.17) is 4.74 Å². The molecule has 0 bridgehead atoms. The Bertz CT molecular complexity index is 952. The molecule has 146 valence electrons. The molecule has 0 fully saturated rings. The molecule has 1 amide bonds. The zero-order valence-electron chi connectivity index (χ0n) is 16.3. The van der Waals surface area contributed by atoms with Crippen LogP contribution in [0.1, 0.15) is 23.6 Å². The summed E-state index contributed by atoms with van der Waals surface area (Å²) in [5, 5.41) is 15.2. The lowest BCUT2D eigenvalue weighted by Gasteiger charge is -2.14. The number of tetrazole rings is 1. The zero-order chi connectivity index (χ0) is 20.1. The van der Waals surface area contributed by atoms with E-state index in [0.717, 1.165) is 28.1 Å². The van der Waals surface area contributed by atoms with Crippen molar-refractivity contribution in [3.63, 3.8) is 0 Å². The number of aromatic nitrogens is 4. The maximum absolute atomic E-state index is 12.6. The van der Waals surface area contributed by atoms with Gasteiger partial charge in [0.2, 0.25) is 11.1 Å². The van der Waals surface area contributed by atoms with Gasteiger partial charge in [0.05, 0.1) is 18.0 Å². The third-order valence-corrected chi connectivity index (χ3v) is 5.42. The van der Waals surface area contributed by atoms with E-state index in [2.05, 4.69) is 20.8 Å². The SMILES string of the molecule is COc1ccccc1CNC(=O)[C@@H](C)Sc1nnnn1-c1c(C)cccc1C. The number of thioether (sulfide) groups is 1. The van der Waals surface area contributed by atoms with E-state index < -0.39 is 0 Å². The number of ether oxygens (including phenoxy) is 1. The van der Waals surface area contributed by atoms with Gasteiger partial charge < -0.3 is 10.1 Å². The third-order valence-electron chi connectivity index (χ3n) is 4.39. The molecule has 0 unspecified atom stereocenters. The molecule has 1 heterocycles. The summed E-state index contributed by atoms with van der Waals surface area (Å²) in [7, 11) is 1.62. The molecular formula is C20H23N5O2S. The number of para-hydroxylation sites is 2. The topological polar surface area (TPSA) is 81.9 Å². The number of rotatable bonds is 7. The highest BCUT2D eigenvalue weighted by molar-refractivity contribution is 8.00. The van der Waals surface area contributed by atoms with Crippen molar-refractivity contribution in [2.45, 2.75) is 37.7 Å². The van der Waals surface area contributed by atoms with Crippen molar-refractivity contribution in [3.8, 4) is 11.4 Å². The maximum atomic E-state index is 12.6. The minimum absolute atomic E-state index is 0.0908. The number of methoxy groups -OCH3 is 1. The molecule has 0 radical (unpaired) electrons. The Kier molecular flexibility index (Phi) is 6.30. The van der Waals surface area contributed by atoms with Gasteiger partial charge in [-0.25, -0.2) is 0 Å². The van der Waals surface area contributed by atoms with E-state index in [9.17, 15) is 4.79 Å². The van der Waals surface area contributed by atoms with Crippen LogP contribution < -0.4 is 10.1 Å². The molecule has 0 aliphatic carbocycles. The summed E-state index contributed by atoms with van der Waals surface area (Å²) in [6.07, 6.45) is 0. The summed E-state index contributed by atoms with van der Waals surface area (Å²) in [5.41, 5.74) is 4.01. The second-order valence-corrected chi connectivity index (χ2v) is 7.71. The first-order valence-corrected chi connectivity index (χ1v) is 9.80. The number of hydrogen-bond donors (Lipinski definition) is 1. The van der Waals surface area contributed by atoms with Crippen LogP contribution in [0.3, 0.4) is 0 Å². The van der Waals surface area contributed by atoms with Gasteiger partial charge in [-0.3, -0.25) is 4.79 Å². The Labute approximate surface area is 168 Å². The first kappa shape index (κ1) is 19.9. The molecule has 28 heavy (non-hydrogen) atoms. The average Bonchev–Trinajstić information content (AvgIpc) is 3.13. The minimum atomic E-state index is -0.358. The van der Waals surface area contributed by atoms with Gasteiger partial charge in [0.15, 0.2) is 0 Å². The van der Waals surface area contributed by atoms with E-state index in [1.165, 1.54) is 11.8 Å². The molecule has 1 N–H and O–H groups in total. The molecule has 1 atom stereocenters. The van der Waals surface area contributed by atoms with Gasteiger partial charge in [-0.2, -0.15) is 4.68 Å². The lowest BCUT2D eigenvalue weighted by molar-refractivity contribution is -0.120. The third kappa shape index (κ3) is 4.33. The molecule has 3 rings (SSSR count). The predicted molar refractivity (Wildman–Crippen MR) is 109 cm³/mol. The van der Waals surface area contributed by atoms with Crippen LogP contribution in [-0.4, -0.2) is 38.5 Å². The van der Waals surface area contributed by atoms with Crippen LogP contribution in [0.25, 0.3) is 5.69 Å². The smallest absolute Gasteiger partial charge is 0.233 e. The quantitative estimate of drug-likeness (QED) is 0.617. The van der Waals surface area contributed by atoms with Crippen LogP contribution in [0, 0.1) is 13.8 Å². The molecule has 7 nitrogen and oxygen atoms in total. The summed E-state index contributed by atoms with van der Waals surface area (Å²) in [6, 6.07) is 13.6. The van der Waals surface area contributed by atoms with E-state index in [1.54, 1.807) is 11.8 Å². The molecular weight excluding hydrogens is 374 g/mol. The van der Waals surface area contributed by atoms with Crippen molar-refractivity contribution in [3.05, 3.63) is 59.2 Å². The Morgan fingerprint density at radius 1 is 1.18 bits per heavy atom. The molecule has 0 saturated carbocycles. The van der Waals surface area contributed by atoms with Crippen molar-refractivity contribution in [1.82, 2.24) is 25.5 Å². The summed E-state index contributed by atoms with van der Waals surface area (Å²) in [4.78, 5) is 12.6. The fourth-order valence-corrected chi connectivity index (χ4v) is 3.74. The monoisotopic (exact) mass is 397 g/mol. The number of benzene rings is 2. The standard InChI is InChI=1S/C20H23N5O2S/c1-13-8-7-9-14(2)18(13)25-20(22-23-24-25)28-15(3)19(26)21-12-16-10-5-6-11-17(16)27-4/h5-11,15H,12H2,1-4H3,(H,21,26)/t15-/m1/s1. The van der Waals surface area contributed by atoms with Gasteiger partial charge in [0.25, 0.3) is 0 Å². The highest BCUT2D eigenvalue weighted by Gasteiger charge is 2.20.